The van der Waals surface area contributed by atoms with Gasteiger partial charge in [0.25, 0.3) is 0 Å². The fourth-order valence-electron chi connectivity index (χ4n) is 3.36. The number of nitrogens with one attached hydrogen (secondary N) is 1. The molecule has 1 aromatic rings. The van der Waals surface area contributed by atoms with Gasteiger partial charge in [-0.05, 0) is 44.7 Å². The van der Waals surface area contributed by atoms with Crippen LogP contribution in [0.25, 0.3) is 0 Å². The predicted octanol–water partition coefficient (Wildman–Crippen LogP) is 5.29. The third-order valence-corrected chi connectivity index (χ3v) is 4.89. The molecule has 1 fully saturated rings. The van der Waals surface area contributed by atoms with Crippen molar-refractivity contribution in [2.75, 3.05) is 25.0 Å². The van der Waals surface area contributed by atoms with E-state index in [1.807, 2.05) is 24.0 Å². The minimum atomic E-state index is -0.00190. The van der Waals surface area contributed by atoms with E-state index in [0.29, 0.717) is 6.54 Å². The number of amides is 2. The molecule has 0 spiro atoms. The van der Waals surface area contributed by atoms with Crippen LogP contribution in [-0.4, -0.2) is 36.7 Å². The third-order valence-electron chi connectivity index (χ3n) is 4.89. The summed E-state index contributed by atoms with van der Waals surface area (Å²) in [7, 11) is 0. The summed E-state index contributed by atoms with van der Waals surface area (Å²) in [6, 6.07) is 6.13. The highest BCUT2D eigenvalue weighted by Crippen LogP contribution is 2.18. The van der Waals surface area contributed by atoms with Crippen LogP contribution < -0.4 is 5.32 Å². The van der Waals surface area contributed by atoms with Crippen molar-refractivity contribution >= 4 is 11.7 Å². The SMILES string of the molecule is CCCCCCCN(CC1CCCO1)C(=O)Nc1ccc(C)cc1C. The van der Waals surface area contributed by atoms with Crippen LogP contribution in [0.15, 0.2) is 18.2 Å². The standard InChI is InChI=1S/C21H34N2O2/c1-4-5-6-7-8-13-23(16-19-10-9-14-25-19)21(24)22-20-12-11-17(2)15-18(20)3/h11-12,15,19H,4-10,13-14,16H2,1-3H3,(H,22,24). The molecule has 25 heavy (non-hydrogen) atoms. The van der Waals surface area contributed by atoms with Gasteiger partial charge in [-0.3, -0.25) is 0 Å². The molecule has 1 heterocycles. The molecule has 1 saturated heterocycles. The number of urea groups is 1. The molecule has 140 valence electrons. The van der Waals surface area contributed by atoms with Gasteiger partial charge in [0, 0.05) is 25.4 Å². The molecule has 0 bridgehead atoms. The number of benzene rings is 1. The average molecular weight is 347 g/mol. The number of carbonyl (C=O) groups is 1. The second kappa shape index (κ2) is 10.4. The summed E-state index contributed by atoms with van der Waals surface area (Å²) in [5, 5.41) is 3.09. The minimum absolute atomic E-state index is 0.00190. The smallest absolute Gasteiger partial charge is 0.321 e. The Morgan fingerprint density at radius 3 is 2.72 bits per heavy atom. The molecule has 1 atom stereocenters. The average Bonchev–Trinajstić information content (AvgIpc) is 3.09. The topological polar surface area (TPSA) is 41.6 Å². The summed E-state index contributed by atoms with van der Waals surface area (Å²) in [6.45, 7) is 8.66. The van der Waals surface area contributed by atoms with E-state index in [1.54, 1.807) is 0 Å². The molecular weight excluding hydrogens is 312 g/mol. The van der Waals surface area contributed by atoms with E-state index in [1.165, 1.54) is 31.2 Å². The Hall–Kier alpha value is -1.55. The summed E-state index contributed by atoms with van der Waals surface area (Å²) in [4.78, 5) is 14.8. The van der Waals surface area contributed by atoms with Crippen molar-refractivity contribution in [1.82, 2.24) is 4.90 Å². The summed E-state index contributed by atoms with van der Waals surface area (Å²) >= 11 is 0. The molecular formula is C21H34N2O2. The van der Waals surface area contributed by atoms with Crippen molar-refractivity contribution in [2.45, 2.75) is 71.8 Å². The van der Waals surface area contributed by atoms with Crippen molar-refractivity contribution in [1.29, 1.82) is 0 Å². The fourth-order valence-corrected chi connectivity index (χ4v) is 3.36. The Morgan fingerprint density at radius 1 is 1.24 bits per heavy atom. The van der Waals surface area contributed by atoms with E-state index in [9.17, 15) is 4.79 Å². The third kappa shape index (κ3) is 6.69. The van der Waals surface area contributed by atoms with Crippen LogP contribution in [0.1, 0.15) is 63.0 Å². The number of carbonyl (C=O) groups excluding carboxylic acids is 1. The van der Waals surface area contributed by atoms with Crippen LogP contribution in [0, 0.1) is 13.8 Å². The maximum absolute atomic E-state index is 12.8. The molecule has 0 aromatic heterocycles. The van der Waals surface area contributed by atoms with Gasteiger partial charge in [0.2, 0.25) is 0 Å². The first-order valence-electron chi connectivity index (χ1n) is 9.85. The Balaban J connectivity index is 1.92. The molecule has 1 aliphatic heterocycles. The van der Waals surface area contributed by atoms with Crippen molar-refractivity contribution < 1.29 is 9.53 Å². The van der Waals surface area contributed by atoms with E-state index in [-0.39, 0.29) is 12.1 Å². The lowest BCUT2D eigenvalue weighted by Crippen LogP contribution is -2.40. The number of anilines is 1. The number of unbranched alkanes of at least 4 members (excludes halogenated alkanes) is 4. The molecule has 4 heteroatoms. The zero-order chi connectivity index (χ0) is 18.1. The van der Waals surface area contributed by atoms with Crippen LogP contribution in [0.4, 0.5) is 10.5 Å². The van der Waals surface area contributed by atoms with Gasteiger partial charge in [-0.1, -0.05) is 50.3 Å². The van der Waals surface area contributed by atoms with Crippen LogP contribution in [0.3, 0.4) is 0 Å². The number of hydrogen-bond acceptors (Lipinski definition) is 2. The summed E-state index contributed by atoms with van der Waals surface area (Å²) in [5.74, 6) is 0. The van der Waals surface area contributed by atoms with Crippen molar-refractivity contribution in [3.63, 3.8) is 0 Å². The zero-order valence-electron chi connectivity index (χ0n) is 16.1. The number of hydrogen-bond donors (Lipinski definition) is 1. The van der Waals surface area contributed by atoms with E-state index in [0.717, 1.165) is 43.7 Å². The number of rotatable bonds is 9. The molecule has 0 radical (unpaired) electrons. The van der Waals surface area contributed by atoms with Gasteiger partial charge in [0.15, 0.2) is 0 Å². The van der Waals surface area contributed by atoms with E-state index < -0.39 is 0 Å². The lowest BCUT2D eigenvalue weighted by molar-refractivity contribution is 0.0831. The Labute approximate surface area is 152 Å². The number of ether oxygens (including phenoxy) is 1. The van der Waals surface area contributed by atoms with Gasteiger partial charge in [0.1, 0.15) is 0 Å². The summed E-state index contributed by atoms with van der Waals surface area (Å²) in [5.41, 5.74) is 3.22. The summed E-state index contributed by atoms with van der Waals surface area (Å²) in [6.07, 6.45) is 8.38. The van der Waals surface area contributed by atoms with Crippen molar-refractivity contribution in [3.05, 3.63) is 29.3 Å². The highest BCUT2D eigenvalue weighted by atomic mass is 16.5. The van der Waals surface area contributed by atoms with E-state index in [2.05, 4.69) is 25.2 Å². The molecule has 1 aromatic carbocycles. The second-order valence-corrected chi connectivity index (χ2v) is 7.24. The summed E-state index contributed by atoms with van der Waals surface area (Å²) < 4.78 is 5.75. The molecule has 2 amide bonds. The highest BCUT2D eigenvalue weighted by molar-refractivity contribution is 5.90. The van der Waals surface area contributed by atoms with E-state index in [4.69, 9.17) is 4.74 Å². The maximum atomic E-state index is 12.8. The second-order valence-electron chi connectivity index (χ2n) is 7.24. The monoisotopic (exact) mass is 346 g/mol. The minimum Gasteiger partial charge on any atom is -0.376 e. The quantitative estimate of drug-likeness (QED) is 0.618. The Bertz CT molecular complexity index is 539. The molecule has 1 aliphatic rings. The Kier molecular flexibility index (Phi) is 8.26. The maximum Gasteiger partial charge on any atom is 0.321 e. The largest absolute Gasteiger partial charge is 0.376 e. The van der Waals surface area contributed by atoms with Gasteiger partial charge in [-0.2, -0.15) is 0 Å². The molecule has 1 N–H and O–H groups in total. The molecule has 0 aliphatic carbocycles. The Morgan fingerprint density at radius 2 is 2.04 bits per heavy atom. The molecule has 2 rings (SSSR count). The first-order valence-corrected chi connectivity index (χ1v) is 9.85. The lowest BCUT2D eigenvalue weighted by atomic mass is 10.1. The van der Waals surface area contributed by atoms with Crippen LogP contribution in [0.5, 0.6) is 0 Å². The molecule has 0 saturated carbocycles. The van der Waals surface area contributed by atoms with Crippen molar-refractivity contribution in [3.8, 4) is 0 Å². The van der Waals surface area contributed by atoms with Gasteiger partial charge >= 0.3 is 6.03 Å². The van der Waals surface area contributed by atoms with Gasteiger partial charge in [-0.25, -0.2) is 4.79 Å². The fraction of sp³-hybridized carbons (Fsp3) is 0.667. The normalized spacial score (nSPS) is 16.8. The van der Waals surface area contributed by atoms with Crippen LogP contribution >= 0.6 is 0 Å². The van der Waals surface area contributed by atoms with E-state index >= 15 is 0 Å². The van der Waals surface area contributed by atoms with Crippen molar-refractivity contribution in [2.24, 2.45) is 0 Å². The first-order chi connectivity index (χ1) is 12.1. The molecule has 1 unspecified atom stereocenters. The predicted molar refractivity (Wildman–Crippen MR) is 104 cm³/mol. The number of aryl methyl sites for hydroxylation is 2. The zero-order valence-corrected chi connectivity index (χ0v) is 16.1. The molecule has 4 nitrogen and oxygen atoms in total. The highest BCUT2D eigenvalue weighted by Gasteiger charge is 2.22. The number of nitrogens with zero attached hydrogens (tertiary/aromatic N) is 1. The van der Waals surface area contributed by atoms with Gasteiger partial charge in [-0.15, -0.1) is 0 Å². The van der Waals surface area contributed by atoms with Crippen LogP contribution in [0.2, 0.25) is 0 Å². The van der Waals surface area contributed by atoms with Gasteiger partial charge < -0.3 is 15.0 Å². The van der Waals surface area contributed by atoms with Gasteiger partial charge in [0.05, 0.1) is 6.10 Å². The first kappa shape index (κ1) is 19.8. The van der Waals surface area contributed by atoms with Crippen LogP contribution in [-0.2, 0) is 4.74 Å². The lowest BCUT2D eigenvalue weighted by Gasteiger charge is -2.26.